The second-order valence-electron chi connectivity index (χ2n) is 5.55. The van der Waals surface area contributed by atoms with E-state index in [9.17, 15) is 4.79 Å². The number of pyridine rings is 1. The van der Waals surface area contributed by atoms with Crippen molar-refractivity contribution < 1.29 is 4.79 Å². The first kappa shape index (κ1) is 14.3. The minimum atomic E-state index is -0.0897. The van der Waals surface area contributed by atoms with Gasteiger partial charge in [-0.1, -0.05) is 25.3 Å². The van der Waals surface area contributed by atoms with Gasteiger partial charge in [-0.25, -0.2) is 0 Å². The Kier molecular flexibility index (Phi) is 4.81. The van der Waals surface area contributed by atoms with Crippen LogP contribution in [0.4, 0.5) is 0 Å². The van der Waals surface area contributed by atoms with Crippen LogP contribution in [0.25, 0.3) is 0 Å². The number of rotatable bonds is 4. The molecule has 104 valence electrons. The molecule has 1 aliphatic rings. The van der Waals surface area contributed by atoms with Crippen molar-refractivity contribution in [2.24, 2.45) is 5.41 Å². The fraction of sp³-hybridized carbons (Fsp3) is 0.600. The summed E-state index contributed by atoms with van der Waals surface area (Å²) in [7, 11) is 0. The number of aryl methyl sites for hydroxylation is 1. The molecule has 1 N–H and O–H groups in total. The Morgan fingerprint density at radius 1 is 1.42 bits per heavy atom. The van der Waals surface area contributed by atoms with Crippen molar-refractivity contribution in [3.63, 3.8) is 0 Å². The SMILES string of the molecule is Cc1cccnc1C(=O)NCC1(CCl)CCCCC1. The topological polar surface area (TPSA) is 42.0 Å². The Morgan fingerprint density at radius 3 is 2.79 bits per heavy atom. The number of carbonyl (C=O) groups excluding carboxylic acids is 1. The Labute approximate surface area is 119 Å². The molecule has 0 saturated heterocycles. The first-order chi connectivity index (χ1) is 9.17. The molecule has 0 spiro atoms. The van der Waals surface area contributed by atoms with Gasteiger partial charge in [0.1, 0.15) is 5.69 Å². The number of hydrogen-bond acceptors (Lipinski definition) is 2. The van der Waals surface area contributed by atoms with Crippen molar-refractivity contribution in [3.05, 3.63) is 29.6 Å². The number of amides is 1. The molecule has 3 nitrogen and oxygen atoms in total. The molecule has 4 heteroatoms. The number of hydrogen-bond donors (Lipinski definition) is 1. The van der Waals surface area contributed by atoms with E-state index in [1.165, 1.54) is 19.3 Å². The molecule has 1 aromatic rings. The smallest absolute Gasteiger partial charge is 0.270 e. The number of carbonyl (C=O) groups is 1. The van der Waals surface area contributed by atoms with Crippen LogP contribution in [0.15, 0.2) is 18.3 Å². The zero-order valence-corrected chi connectivity index (χ0v) is 12.2. The molecule has 1 amide bonds. The van der Waals surface area contributed by atoms with Crippen LogP contribution in [0, 0.1) is 12.3 Å². The van der Waals surface area contributed by atoms with Gasteiger partial charge in [0.25, 0.3) is 5.91 Å². The van der Waals surface area contributed by atoms with Gasteiger partial charge in [-0.15, -0.1) is 11.6 Å². The van der Waals surface area contributed by atoms with Crippen molar-refractivity contribution >= 4 is 17.5 Å². The predicted octanol–water partition coefficient (Wildman–Crippen LogP) is 3.31. The molecule has 0 radical (unpaired) electrons. The predicted molar refractivity (Wildman–Crippen MR) is 77.5 cm³/mol. The standard InChI is InChI=1S/C15H21ClN2O/c1-12-6-5-9-17-13(12)14(19)18-11-15(10-16)7-3-2-4-8-15/h5-6,9H,2-4,7-8,10-11H2,1H3,(H,18,19). The molecule has 1 saturated carbocycles. The van der Waals surface area contributed by atoms with Gasteiger partial charge in [-0.3, -0.25) is 9.78 Å². The number of aromatic nitrogens is 1. The van der Waals surface area contributed by atoms with Gasteiger partial charge < -0.3 is 5.32 Å². The highest BCUT2D eigenvalue weighted by Crippen LogP contribution is 2.36. The summed E-state index contributed by atoms with van der Waals surface area (Å²) in [6.45, 7) is 2.56. The van der Waals surface area contributed by atoms with Gasteiger partial charge in [0.05, 0.1) is 0 Å². The van der Waals surface area contributed by atoms with E-state index in [2.05, 4.69) is 10.3 Å². The third-order valence-electron chi connectivity index (χ3n) is 4.05. The number of nitrogens with one attached hydrogen (secondary N) is 1. The first-order valence-corrected chi connectivity index (χ1v) is 7.46. The van der Waals surface area contributed by atoms with E-state index >= 15 is 0 Å². The molecule has 1 fully saturated rings. The van der Waals surface area contributed by atoms with Crippen molar-refractivity contribution in [2.45, 2.75) is 39.0 Å². The molecule has 0 unspecified atom stereocenters. The summed E-state index contributed by atoms with van der Waals surface area (Å²) in [6.07, 6.45) is 7.58. The van der Waals surface area contributed by atoms with Gasteiger partial charge in [-0.2, -0.15) is 0 Å². The minimum absolute atomic E-state index is 0.0815. The van der Waals surface area contributed by atoms with Crippen molar-refractivity contribution in [1.82, 2.24) is 10.3 Å². The van der Waals surface area contributed by atoms with Gasteiger partial charge in [-0.05, 0) is 31.4 Å². The fourth-order valence-electron chi connectivity index (χ4n) is 2.73. The maximum absolute atomic E-state index is 12.1. The summed E-state index contributed by atoms with van der Waals surface area (Å²) in [6, 6.07) is 3.74. The van der Waals surface area contributed by atoms with E-state index in [4.69, 9.17) is 11.6 Å². The fourth-order valence-corrected chi connectivity index (χ4v) is 3.10. The van der Waals surface area contributed by atoms with Gasteiger partial charge in [0, 0.05) is 24.0 Å². The van der Waals surface area contributed by atoms with E-state index < -0.39 is 0 Å². The van der Waals surface area contributed by atoms with Gasteiger partial charge >= 0.3 is 0 Å². The monoisotopic (exact) mass is 280 g/mol. The average molecular weight is 281 g/mol. The normalized spacial score (nSPS) is 18.0. The van der Waals surface area contributed by atoms with E-state index in [1.54, 1.807) is 6.20 Å². The number of alkyl halides is 1. The molecule has 19 heavy (non-hydrogen) atoms. The van der Waals surface area contributed by atoms with Crippen LogP contribution in [-0.2, 0) is 0 Å². The second-order valence-corrected chi connectivity index (χ2v) is 5.81. The molecule has 2 rings (SSSR count). The van der Waals surface area contributed by atoms with Gasteiger partial charge in [0.2, 0.25) is 0 Å². The Morgan fingerprint density at radius 2 is 2.16 bits per heavy atom. The molecular weight excluding hydrogens is 260 g/mol. The lowest BCUT2D eigenvalue weighted by molar-refractivity contribution is 0.0915. The van der Waals surface area contributed by atoms with Crippen molar-refractivity contribution in [3.8, 4) is 0 Å². The van der Waals surface area contributed by atoms with E-state index in [-0.39, 0.29) is 11.3 Å². The second kappa shape index (κ2) is 6.38. The summed E-state index contributed by atoms with van der Waals surface area (Å²) < 4.78 is 0. The van der Waals surface area contributed by atoms with Crippen LogP contribution in [0.2, 0.25) is 0 Å². The Bertz CT molecular complexity index is 442. The maximum atomic E-state index is 12.1. The van der Waals surface area contributed by atoms with Crippen LogP contribution in [0.1, 0.15) is 48.2 Å². The quantitative estimate of drug-likeness (QED) is 0.860. The van der Waals surface area contributed by atoms with Crippen LogP contribution in [-0.4, -0.2) is 23.3 Å². The Hall–Kier alpha value is -1.09. The third-order valence-corrected chi connectivity index (χ3v) is 4.61. The third kappa shape index (κ3) is 3.47. The molecule has 1 aromatic heterocycles. The van der Waals surface area contributed by atoms with Crippen LogP contribution < -0.4 is 5.32 Å². The highest BCUT2D eigenvalue weighted by molar-refractivity contribution is 6.18. The lowest BCUT2D eigenvalue weighted by atomic mass is 9.75. The van der Waals surface area contributed by atoms with Crippen LogP contribution in [0.3, 0.4) is 0 Å². The largest absolute Gasteiger partial charge is 0.350 e. The van der Waals surface area contributed by atoms with E-state index in [0.29, 0.717) is 18.1 Å². The molecule has 0 atom stereocenters. The minimum Gasteiger partial charge on any atom is -0.350 e. The molecule has 0 bridgehead atoms. The summed E-state index contributed by atoms with van der Waals surface area (Å²) >= 11 is 6.13. The van der Waals surface area contributed by atoms with E-state index in [1.807, 2.05) is 19.1 Å². The lowest BCUT2D eigenvalue weighted by Gasteiger charge is -2.35. The highest BCUT2D eigenvalue weighted by Gasteiger charge is 2.31. The Balaban J connectivity index is 1.98. The van der Waals surface area contributed by atoms with Crippen LogP contribution in [0.5, 0.6) is 0 Å². The molecule has 0 aliphatic heterocycles. The highest BCUT2D eigenvalue weighted by atomic mass is 35.5. The maximum Gasteiger partial charge on any atom is 0.270 e. The zero-order chi connectivity index (χ0) is 13.7. The first-order valence-electron chi connectivity index (χ1n) is 6.93. The van der Waals surface area contributed by atoms with Crippen molar-refractivity contribution in [2.75, 3.05) is 12.4 Å². The average Bonchev–Trinajstić information content (AvgIpc) is 2.46. The molecular formula is C15H21ClN2O. The van der Waals surface area contributed by atoms with Gasteiger partial charge in [0.15, 0.2) is 0 Å². The molecule has 0 aromatic carbocycles. The molecule has 1 heterocycles. The van der Waals surface area contributed by atoms with Crippen molar-refractivity contribution in [1.29, 1.82) is 0 Å². The number of nitrogens with zero attached hydrogens (tertiary/aromatic N) is 1. The number of halogens is 1. The molecule has 1 aliphatic carbocycles. The summed E-state index contributed by atoms with van der Waals surface area (Å²) in [5.41, 5.74) is 1.50. The summed E-state index contributed by atoms with van der Waals surface area (Å²) in [4.78, 5) is 16.3. The van der Waals surface area contributed by atoms with Crippen LogP contribution >= 0.6 is 11.6 Å². The zero-order valence-electron chi connectivity index (χ0n) is 11.4. The summed E-state index contributed by atoms with van der Waals surface area (Å²) in [5, 5.41) is 3.02. The lowest BCUT2D eigenvalue weighted by Crippen LogP contribution is -2.40. The van der Waals surface area contributed by atoms with E-state index in [0.717, 1.165) is 18.4 Å². The summed E-state index contributed by atoms with van der Waals surface area (Å²) in [5.74, 6) is 0.530.